The van der Waals surface area contributed by atoms with Crippen LogP contribution in [0, 0.1) is 13.8 Å². The van der Waals surface area contributed by atoms with Crippen LogP contribution in [-0.2, 0) is 9.53 Å². The second-order valence-electron chi connectivity index (χ2n) is 6.34. The van der Waals surface area contributed by atoms with Crippen molar-refractivity contribution in [3.8, 4) is 0 Å². The molecule has 1 heterocycles. The molecule has 1 amide bonds. The maximum Gasteiger partial charge on any atom is 0.243 e. The number of para-hydroxylation sites is 2. The van der Waals surface area contributed by atoms with E-state index < -0.39 is 0 Å². The van der Waals surface area contributed by atoms with Crippen LogP contribution in [0.2, 0.25) is 0 Å². The number of hydrogen-bond donors (Lipinski definition) is 2. The van der Waals surface area contributed by atoms with Crippen LogP contribution in [0.25, 0.3) is 0 Å². The third-order valence-electron chi connectivity index (χ3n) is 4.36. The third-order valence-corrected chi connectivity index (χ3v) is 4.36. The van der Waals surface area contributed by atoms with E-state index in [4.69, 9.17) is 4.74 Å². The molecule has 0 unspecified atom stereocenters. The van der Waals surface area contributed by atoms with E-state index in [1.807, 2.05) is 38.1 Å². The van der Waals surface area contributed by atoms with Crippen LogP contribution in [-0.4, -0.2) is 38.8 Å². The van der Waals surface area contributed by atoms with E-state index in [-0.39, 0.29) is 12.5 Å². The second kappa shape index (κ2) is 8.03. The normalized spacial score (nSPS) is 14.2. The molecular weight excluding hydrogens is 314 g/mol. The number of benzene rings is 2. The average molecular weight is 339 g/mol. The highest BCUT2D eigenvalue weighted by Gasteiger charge is 2.15. The minimum absolute atomic E-state index is 0.0541. The summed E-state index contributed by atoms with van der Waals surface area (Å²) in [7, 11) is 0. The molecule has 0 bridgehead atoms. The maximum atomic E-state index is 12.4. The Kier molecular flexibility index (Phi) is 5.56. The highest BCUT2D eigenvalue weighted by atomic mass is 16.5. The molecule has 0 spiro atoms. The van der Waals surface area contributed by atoms with Gasteiger partial charge in [0.15, 0.2) is 0 Å². The largest absolute Gasteiger partial charge is 0.378 e. The Morgan fingerprint density at radius 2 is 1.84 bits per heavy atom. The molecule has 1 aliphatic heterocycles. The van der Waals surface area contributed by atoms with Gasteiger partial charge in [0.2, 0.25) is 5.91 Å². The zero-order chi connectivity index (χ0) is 17.6. The minimum Gasteiger partial charge on any atom is -0.378 e. The first-order chi connectivity index (χ1) is 12.1. The number of aryl methyl sites for hydroxylation is 2. The van der Waals surface area contributed by atoms with Crippen LogP contribution in [0.1, 0.15) is 11.1 Å². The Balaban J connectivity index is 1.64. The number of ether oxygens (including phenoxy) is 1. The number of nitrogens with one attached hydrogen (secondary N) is 2. The quantitative estimate of drug-likeness (QED) is 0.878. The predicted octanol–water partition coefficient (Wildman–Crippen LogP) is 3.19. The van der Waals surface area contributed by atoms with Gasteiger partial charge >= 0.3 is 0 Å². The molecule has 1 fully saturated rings. The monoisotopic (exact) mass is 339 g/mol. The predicted molar refractivity (Wildman–Crippen MR) is 103 cm³/mol. The van der Waals surface area contributed by atoms with Crippen LogP contribution in [0.5, 0.6) is 0 Å². The van der Waals surface area contributed by atoms with E-state index in [1.54, 1.807) is 0 Å². The molecule has 5 heteroatoms. The van der Waals surface area contributed by atoms with Crippen LogP contribution in [0.3, 0.4) is 0 Å². The summed E-state index contributed by atoms with van der Waals surface area (Å²) < 4.78 is 5.41. The first kappa shape index (κ1) is 17.3. The molecule has 0 aliphatic carbocycles. The lowest BCUT2D eigenvalue weighted by atomic mass is 10.1. The Hall–Kier alpha value is -2.53. The topological polar surface area (TPSA) is 53.6 Å². The summed E-state index contributed by atoms with van der Waals surface area (Å²) >= 11 is 0. The molecule has 1 aliphatic rings. The van der Waals surface area contributed by atoms with Gasteiger partial charge in [0.1, 0.15) is 0 Å². The Morgan fingerprint density at radius 3 is 2.64 bits per heavy atom. The molecule has 3 rings (SSSR count). The smallest absolute Gasteiger partial charge is 0.243 e. The number of carbonyl (C=O) groups is 1. The lowest BCUT2D eigenvalue weighted by Gasteiger charge is -2.30. The van der Waals surface area contributed by atoms with Gasteiger partial charge in [-0.25, -0.2) is 0 Å². The fourth-order valence-corrected chi connectivity index (χ4v) is 2.96. The summed E-state index contributed by atoms with van der Waals surface area (Å²) in [6.45, 7) is 7.44. The standard InChI is InChI=1S/C20H25N3O2/c1-15-7-8-16(2)18(13-15)21-14-20(24)22-17-5-3-4-6-19(17)23-9-11-25-12-10-23/h3-8,13,21H,9-12,14H2,1-2H3,(H,22,24). The van der Waals surface area contributed by atoms with Gasteiger partial charge in [-0.3, -0.25) is 4.79 Å². The lowest BCUT2D eigenvalue weighted by molar-refractivity contribution is -0.114. The SMILES string of the molecule is Cc1ccc(C)c(NCC(=O)Nc2ccccc2N2CCOCC2)c1. The fourth-order valence-electron chi connectivity index (χ4n) is 2.96. The molecule has 25 heavy (non-hydrogen) atoms. The molecule has 0 aromatic heterocycles. The number of morpholine rings is 1. The highest BCUT2D eigenvalue weighted by Crippen LogP contribution is 2.26. The lowest BCUT2D eigenvalue weighted by Crippen LogP contribution is -2.37. The Bertz CT molecular complexity index is 739. The highest BCUT2D eigenvalue weighted by molar-refractivity contribution is 5.96. The van der Waals surface area contributed by atoms with Crippen molar-refractivity contribution in [1.82, 2.24) is 0 Å². The Labute approximate surface area is 149 Å². The zero-order valence-electron chi connectivity index (χ0n) is 14.8. The first-order valence-corrected chi connectivity index (χ1v) is 8.66. The summed E-state index contributed by atoms with van der Waals surface area (Å²) in [4.78, 5) is 14.6. The van der Waals surface area contributed by atoms with Crippen molar-refractivity contribution in [3.63, 3.8) is 0 Å². The van der Waals surface area contributed by atoms with E-state index in [2.05, 4.69) is 33.7 Å². The van der Waals surface area contributed by atoms with Crippen molar-refractivity contribution in [2.45, 2.75) is 13.8 Å². The molecule has 0 atom stereocenters. The molecular formula is C20H25N3O2. The van der Waals surface area contributed by atoms with Crippen LogP contribution in [0.4, 0.5) is 17.1 Å². The molecule has 2 aromatic rings. The zero-order valence-corrected chi connectivity index (χ0v) is 14.8. The Morgan fingerprint density at radius 1 is 1.08 bits per heavy atom. The summed E-state index contributed by atoms with van der Waals surface area (Å²) in [5, 5.41) is 6.26. The van der Waals surface area contributed by atoms with Crippen LogP contribution >= 0.6 is 0 Å². The van der Waals surface area contributed by atoms with Gasteiger partial charge < -0.3 is 20.3 Å². The summed E-state index contributed by atoms with van der Waals surface area (Å²) in [5.74, 6) is -0.0541. The van der Waals surface area contributed by atoms with Crippen molar-refractivity contribution in [2.75, 3.05) is 48.4 Å². The molecule has 0 radical (unpaired) electrons. The van der Waals surface area contributed by atoms with Gasteiger partial charge in [-0.2, -0.15) is 0 Å². The van der Waals surface area contributed by atoms with E-state index >= 15 is 0 Å². The first-order valence-electron chi connectivity index (χ1n) is 8.66. The van der Waals surface area contributed by atoms with Crippen LogP contribution in [0.15, 0.2) is 42.5 Å². The minimum atomic E-state index is -0.0541. The van der Waals surface area contributed by atoms with E-state index in [0.717, 1.165) is 48.9 Å². The van der Waals surface area contributed by atoms with Crippen molar-refractivity contribution in [3.05, 3.63) is 53.6 Å². The van der Waals surface area contributed by atoms with E-state index in [9.17, 15) is 4.79 Å². The van der Waals surface area contributed by atoms with Crippen molar-refractivity contribution >= 4 is 23.0 Å². The van der Waals surface area contributed by atoms with Crippen molar-refractivity contribution in [2.24, 2.45) is 0 Å². The molecule has 0 saturated carbocycles. The molecule has 5 nitrogen and oxygen atoms in total. The van der Waals surface area contributed by atoms with Crippen molar-refractivity contribution < 1.29 is 9.53 Å². The average Bonchev–Trinajstić information content (AvgIpc) is 2.64. The number of anilines is 3. The number of amides is 1. The van der Waals surface area contributed by atoms with E-state index in [0.29, 0.717) is 0 Å². The van der Waals surface area contributed by atoms with Gasteiger partial charge in [0, 0.05) is 18.8 Å². The van der Waals surface area contributed by atoms with Gasteiger partial charge in [0.25, 0.3) is 0 Å². The van der Waals surface area contributed by atoms with E-state index in [1.165, 1.54) is 5.56 Å². The van der Waals surface area contributed by atoms with Gasteiger partial charge in [-0.15, -0.1) is 0 Å². The molecule has 132 valence electrons. The van der Waals surface area contributed by atoms with Gasteiger partial charge in [-0.1, -0.05) is 24.3 Å². The fraction of sp³-hybridized carbons (Fsp3) is 0.350. The van der Waals surface area contributed by atoms with Crippen molar-refractivity contribution in [1.29, 1.82) is 0 Å². The summed E-state index contributed by atoms with van der Waals surface area (Å²) in [5.41, 5.74) is 5.19. The third kappa shape index (κ3) is 4.51. The molecule has 1 saturated heterocycles. The number of nitrogens with zero attached hydrogens (tertiary/aromatic N) is 1. The second-order valence-corrected chi connectivity index (χ2v) is 6.34. The maximum absolute atomic E-state index is 12.4. The summed E-state index contributed by atoms with van der Waals surface area (Å²) in [6, 6.07) is 14.1. The number of hydrogen-bond acceptors (Lipinski definition) is 4. The van der Waals surface area contributed by atoms with Crippen LogP contribution < -0.4 is 15.5 Å². The van der Waals surface area contributed by atoms with Gasteiger partial charge in [0.05, 0.1) is 31.1 Å². The van der Waals surface area contributed by atoms with Gasteiger partial charge in [-0.05, 0) is 43.2 Å². The summed E-state index contributed by atoms with van der Waals surface area (Å²) in [6.07, 6.45) is 0. The number of carbonyl (C=O) groups excluding carboxylic acids is 1. The number of rotatable bonds is 5. The molecule has 2 aromatic carbocycles. The molecule has 2 N–H and O–H groups in total.